The van der Waals surface area contributed by atoms with Crippen molar-refractivity contribution in [3.05, 3.63) is 53.3 Å². The van der Waals surface area contributed by atoms with E-state index in [9.17, 15) is 0 Å². The van der Waals surface area contributed by atoms with E-state index in [-0.39, 0.29) is 6.10 Å². The normalized spacial score (nSPS) is 16.3. The van der Waals surface area contributed by atoms with Crippen LogP contribution in [0.5, 0.6) is 0 Å². The Morgan fingerprint density at radius 3 is 2.86 bits per heavy atom. The predicted molar refractivity (Wildman–Crippen MR) is 98.9 cm³/mol. The Bertz CT molecular complexity index is 1110. The molecular formula is C19H19N7O2. The van der Waals surface area contributed by atoms with Crippen LogP contribution in [0.3, 0.4) is 0 Å². The maximum absolute atomic E-state index is 6.07. The van der Waals surface area contributed by atoms with Crippen LogP contribution in [-0.4, -0.2) is 34.9 Å². The smallest absolute Gasteiger partial charge is 0.276 e. The lowest BCUT2D eigenvalue weighted by molar-refractivity contribution is -0.00112. The van der Waals surface area contributed by atoms with Gasteiger partial charge in [0.1, 0.15) is 11.8 Å². The molecule has 0 N–H and O–H groups in total. The lowest BCUT2D eigenvalue weighted by atomic mass is 10.1. The topological polar surface area (TPSA) is 96.7 Å². The monoisotopic (exact) mass is 377 g/mol. The standard InChI is InChI=1S/C19H19N7O2/c1-3-25-14(8-9-20-25)19-21-18(23-28-19)17-15-11-27-16(10-26(15)24-22-17)13-6-4-12(2)5-7-13/h4-9,16H,3,10-11H2,1-2H3. The van der Waals surface area contributed by atoms with E-state index in [1.165, 1.54) is 5.56 Å². The summed E-state index contributed by atoms with van der Waals surface area (Å²) in [5, 5.41) is 16.9. The van der Waals surface area contributed by atoms with Crippen molar-refractivity contribution in [2.45, 2.75) is 39.6 Å². The van der Waals surface area contributed by atoms with E-state index in [1.54, 1.807) is 10.9 Å². The van der Waals surface area contributed by atoms with Crippen molar-refractivity contribution in [3.8, 4) is 23.1 Å². The zero-order chi connectivity index (χ0) is 19.1. The number of hydrogen-bond acceptors (Lipinski definition) is 7. The van der Waals surface area contributed by atoms with Crippen LogP contribution in [0.1, 0.15) is 29.8 Å². The predicted octanol–water partition coefficient (Wildman–Crippen LogP) is 2.79. The van der Waals surface area contributed by atoms with E-state index in [0.717, 1.165) is 23.5 Å². The molecule has 5 rings (SSSR count). The molecule has 3 aromatic heterocycles. The number of rotatable bonds is 4. The summed E-state index contributed by atoms with van der Waals surface area (Å²) in [6.45, 7) is 5.78. The largest absolute Gasteiger partial charge is 0.365 e. The summed E-state index contributed by atoms with van der Waals surface area (Å²) in [5.74, 6) is 0.808. The van der Waals surface area contributed by atoms with Gasteiger partial charge in [-0.05, 0) is 25.5 Å². The fourth-order valence-corrected chi connectivity index (χ4v) is 3.36. The van der Waals surface area contributed by atoms with Crippen molar-refractivity contribution >= 4 is 0 Å². The highest BCUT2D eigenvalue weighted by atomic mass is 16.5. The van der Waals surface area contributed by atoms with Gasteiger partial charge in [-0.2, -0.15) is 10.1 Å². The van der Waals surface area contributed by atoms with E-state index >= 15 is 0 Å². The van der Waals surface area contributed by atoms with E-state index in [4.69, 9.17) is 9.26 Å². The average molecular weight is 377 g/mol. The number of ether oxygens (including phenoxy) is 1. The number of fused-ring (bicyclic) bond motifs is 1. The molecule has 142 valence electrons. The fourth-order valence-electron chi connectivity index (χ4n) is 3.36. The van der Waals surface area contributed by atoms with E-state index < -0.39 is 0 Å². The second-order valence-electron chi connectivity index (χ2n) is 6.73. The van der Waals surface area contributed by atoms with Crippen molar-refractivity contribution in [1.29, 1.82) is 0 Å². The Kier molecular flexibility index (Phi) is 4.01. The molecule has 1 atom stereocenters. The summed E-state index contributed by atoms with van der Waals surface area (Å²) in [5.41, 5.74) is 4.56. The van der Waals surface area contributed by atoms with Gasteiger partial charge in [-0.3, -0.25) is 4.68 Å². The number of nitrogens with zero attached hydrogens (tertiary/aromatic N) is 7. The van der Waals surface area contributed by atoms with Crippen LogP contribution in [0.15, 0.2) is 41.1 Å². The molecule has 0 bridgehead atoms. The molecule has 9 heteroatoms. The Morgan fingerprint density at radius 2 is 2.04 bits per heavy atom. The molecule has 0 fully saturated rings. The van der Waals surface area contributed by atoms with Crippen molar-refractivity contribution in [2.24, 2.45) is 0 Å². The molecule has 4 aromatic rings. The SMILES string of the molecule is CCn1nccc1-c1nc(-c2nnn3c2COC(c2ccc(C)cc2)C3)no1. The number of aromatic nitrogens is 7. The summed E-state index contributed by atoms with van der Waals surface area (Å²) in [6.07, 6.45) is 1.66. The van der Waals surface area contributed by atoms with Gasteiger partial charge in [0.2, 0.25) is 5.82 Å². The Hall–Kier alpha value is -3.33. The maximum Gasteiger partial charge on any atom is 0.276 e. The third-order valence-electron chi connectivity index (χ3n) is 4.92. The summed E-state index contributed by atoms with van der Waals surface area (Å²) in [6, 6.07) is 10.2. The number of hydrogen-bond donors (Lipinski definition) is 0. The lowest BCUT2D eigenvalue weighted by Crippen LogP contribution is -2.22. The van der Waals surface area contributed by atoms with Gasteiger partial charge in [0.25, 0.3) is 5.89 Å². The van der Waals surface area contributed by atoms with Gasteiger partial charge in [0.05, 0.1) is 18.8 Å². The number of benzene rings is 1. The van der Waals surface area contributed by atoms with Crippen molar-refractivity contribution in [3.63, 3.8) is 0 Å². The summed E-state index contributed by atoms with van der Waals surface area (Å²) in [4.78, 5) is 4.49. The first-order valence-corrected chi connectivity index (χ1v) is 9.19. The third kappa shape index (κ3) is 2.80. The highest BCUT2D eigenvalue weighted by Gasteiger charge is 2.28. The van der Waals surface area contributed by atoms with Gasteiger partial charge in [0, 0.05) is 12.7 Å². The molecule has 4 heterocycles. The molecule has 0 saturated carbocycles. The Balaban J connectivity index is 1.42. The van der Waals surface area contributed by atoms with Crippen LogP contribution in [0, 0.1) is 6.92 Å². The van der Waals surface area contributed by atoms with Gasteiger partial charge >= 0.3 is 0 Å². The average Bonchev–Trinajstić information content (AvgIpc) is 3.45. The minimum Gasteiger partial charge on any atom is -0.365 e. The van der Waals surface area contributed by atoms with Crippen LogP contribution in [0.25, 0.3) is 23.1 Å². The first kappa shape index (κ1) is 16.8. The second-order valence-corrected chi connectivity index (χ2v) is 6.73. The number of aryl methyl sites for hydroxylation is 2. The van der Waals surface area contributed by atoms with Crippen LogP contribution in [0.2, 0.25) is 0 Å². The highest BCUT2D eigenvalue weighted by Crippen LogP contribution is 2.30. The van der Waals surface area contributed by atoms with Gasteiger partial charge in [-0.15, -0.1) is 5.10 Å². The zero-order valence-corrected chi connectivity index (χ0v) is 15.6. The summed E-state index contributed by atoms with van der Waals surface area (Å²) in [7, 11) is 0. The molecule has 0 aliphatic carbocycles. The van der Waals surface area contributed by atoms with Gasteiger partial charge < -0.3 is 9.26 Å². The summed E-state index contributed by atoms with van der Waals surface area (Å²) >= 11 is 0. The third-order valence-corrected chi connectivity index (χ3v) is 4.92. The molecule has 0 amide bonds. The molecule has 1 unspecified atom stereocenters. The molecular weight excluding hydrogens is 358 g/mol. The first-order valence-electron chi connectivity index (χ1n) is 9.19. The maximum atomic E-state index is 6.07. The minimum absolute atomic E-state index is 0.0533. The molecule has 1 aliphatic heterocycles. The van der Waals surface area contributed by atoms with E-state index in [0.29, 0.717) is 30.6 Å². The quantitative estimate of drug-likeness (QED) is 0.539. The second kappa shape index (κ2) is 6.68. The molecule has 9 nitrogen and oxygen atoms in total. The van der Waals surface area contributed by atoms with E-state index in [1.807, 2.05) is 17.7 Å². The van der Waals surface area contributed by atoms with Crippen molar-refractivity contribution in [1.82, 2.24) is 34.9 Å². The van der Waals surface area contributed by atoms with Crippen molar-refractivity contribution < 1.29 is 9.26 Å². The zero-order valence-electron chi connectivity index (χ0n) is 15.6. The molecule has 28 heavy (non-hydrogen) atoms. The lowest BCUT2D eigenvalue weighted by Gasteiger charge is -2.24. The molecule has 1 aromatic carbocycles. The van der Waals surface area contributed by atoms with E-state index in [2.05, 4.69) is 56.7 Å². The molecule has 0 radical (unpaired) electrons. The van der Waals surface area contributed by atoms with Gasteiger partial charge in [-0.25, -0.2) is 4.68 Å². The minimum atomic E-state index is -0.0533. The molecule has 1 aliphatic rings. The Morgan fingerprint density at radius 1 is 1.18 bits per heavy atom. The van der Waals surface area contributed by atoms with Gasteiger partial charge in [-0.1, -0.05) is 40.2 Å². The fraction of sp³-hybridized carbons (Fsp3) is 0.316. The Labute approximate surface area is 160 Å². The highest BCUT2D eigenvalue weighted by molar-refractivity contribution is 5.56. The van der Waals surface area contributed by atoms with Crippen LogP contribution < -0.4 is 0 Å². The van der Waals surface area contributed by atoms with Crippen molar-refractivity contribution in [2.75, 3.05) is 0 Å². The first-order chi connectivity index (χ1) is 13.7. The van der Waals surface area contributed by atoms with Crippen LogP contribution in [0.4, 0.5) is 0 Å². The summed E-state index contributed by atoms with van der Waals surface area (Å²) < 4.78 is 15.1. The van der Waals surface area contributed by atoms with Crippen LogP contribution in [-0.2, 0) is 24.4 Å². The van der Waals surface area contributed by atoms with Gasteiger partial charge in [0.15, 0.2) is 5.69 Å². The van der Waals surface area contributed by atoms with Crippen LogP contribution >= 0.6 is 0 Å². The molecule has 0 spiro atoms. The molecule has 0 saturated heterocycles.